The van der Waals surface area contributed by atoms with E-state index in [1.807, 2.05) is 27.8 Å². The van der Waals surface area contributed by atoms with Gasteiger partial charge in [-0.25, -0.2) is 0 Å². The Balaban J connectivity index is 3.45. The van der Waals surface area contributed by atoms with Crippen molar-refractivity contribution >= 4 is 5.97 Å². The maximum absolute atomic E-state index is 10.9. The number of carbonyl (C=O) groups excluding carboxylic acids is 1. The van der Waals surface area contributed by atoms with Gasteiger partial charge in [0.25, 0.3) is 0 Å². The van der Waals surface area contributed by atoms with Crippen molar-refractivity contribution in [1.82, 2.24) is 4.90 Å². The van der Waals surface area contributed by atoms with Crippen LogP contribution in [-0.2, 0) is 14.3 Å². The van der Waals surface area contributed by atoms with E-state index in [0.29, 0.717) is 6.42 Å². The first-order valence-corrected chi connectivity index (χ1v) is 5.74. The molecule has 0 aromatic heterocycles. The van der Waals surface area contributed by atoms with Gasteiger partial charge >= 0.3 is 5.97 Å². The van der Waals surface area contributed by atoms with Crippen molar-refractivity contribution in [3.05, 3.63) is 0 Å². The predicted molar refractivity (Wildman–Crippen MR) is 64.5 cm³/mol. The highest BCUT2D eigenvalue weighted by Crippen LogP contribution is 2.06. The summed E-state index contributed by atoms with van der Waals surface area (Å²) in [6, 6.07) is 0. The Hall–Kier alpha value is -0.610. The highest BCUT2D eigenvalue weighted by molar-refractivity contribution is 5.69. The summed E-state index contributed by atoms with van der Waals surface area (Å²) in [6.07, 6.45) is 1.32. The lowest BCUT2D eigenvalue weighted by molar-refractivity contribution is -0.140. The van der Waals surface area contributed by atoms with E-state index in [4.69, 9.17) is 4.74 Å². The number of methoxy groups -OCH3 is 1. The minimum Gasteiger partial charge on any atom is -0.469 e. The molecule has 0 amide bonds. The van der Waals surface area contributed by atoms with Gasteiger partial charge in [0.2, 0.25) is 0 Å². The Labute approximate surface area is 98.9 Å². The standard InChI is InChI=1S/C12H25NO3/c1-12(2,3)16-10-9-13(4)8-6-7-11(14)15-5/h6-10H2,1-5H3. The number of ether oxygens (including phenoxy) is 2. The first-order chi connectivity index (χ1) is 7.35. The number of rotatable bonds is 7. The van der Waals surface area contributed by atoms with Crippen molar-refractivity contribution in [2.45, 2.75) is 39.2 Å². The smallest absolute Gasteiger partial charge is 0.305 e. The van der Waals surface area contributed by atoms with Gasteiger partial charge in [0.15, 0.2) is 0 Å². The molecule has 96 valence electrons. The van der Waals surface area contributed by atoms with Gasteiger partial charge in [-0.2, -0.15) is 0 Å². The van der Waals surface area contributed by atoms with E-state index in [-0.39, 0.29) is 11.6 Å². The largest absolute Gasteiger partial charge is 0.469 e. The molecule has 0 atom stereocenters. The molecule has 0 spiro atoms. The van der Waals surface area contributed by atoms with Gasteiger partial charge in [0, 0.05) is 13.0 Å². The van der Waals surface area contributed by atoms with Crippen LogP contribution in [0.4, 0.5) is 0 Å². The second-order valence-corrected chi connectivity index (χ2v) is 4.94. The summed E-state index contributed by atoms with van der Waals surface area (Å²) in [7, 11) is 3.45. The molecule has 16 heavy (non-hydrogen) atoms. The molecular formula is C12H25NO3. The molecule has 0 saturated heterocycles. The average Bonchev–Trinajstić information content (AvgIpc) is 2.15. The topological polar surface area (TPSA) is 38.8 Å². The fourth-order valence-corrected chi connectivity index (χ4v) is 1.21. The number of hydrogen-bond donors (Lipinski definition) is 0. The van der Waals surface area contributed by atoms with Crippen LogP contribution in [0.5, 0.6) is 0 Å². The van der Waals surface area contributed by atoms with Gasteiger partial charge in [0.1, 0.15) is 0 Å². The van der Waals surface area contributed by atoms with Crippen molar-refractivity contribution in [2.24, 2.45) is 0 Å². The van der Waals surface area contributed by atoms with E-state index in [2.05, 4.69) is 9.64 Å². The fraction of sp³-hybridized carbons (Fsp3) is 0.917. The highest BCUT2D eigenvalue weighted by atomic mass is 16.5. The van der Waals surface area contributed by atoms with Crippen LogP contribution in [0.2, 0.25) is 0 Å². The van der Waals surface area contributed by atoms with Crippen LogP contribution in [0, 0.1) is 0 Å². The van der Waals surface area contributed by atoms with E-state index in [9.17, 15) is 4.79 Å². The van der Waals surface area contributed by atoms with E-state index in [1.54, 1.807) is 0 Å². The minimum atomic E-state index is -0.139. The van der Waals surface area contributed by atoms with Crippen LogP contribution in [0.15, 0.2) is 0 Å². The normalized spacial score (nSPS) is 11.9. The molecule has 0 saturated carbocycles. The summed E-state index contributed by atoms with van der Waals surface area (Å²) in [5.41, 5.74) is -0.0765. The van der Waals surface area contributed by atoms with E-state index in [0.717, 1.165) is 26.1 Å². The highest BCUT2D eigenvalue weighted by Gasteiger charge is 2.10. The van der Waals surface area contributed by atoms with Crippen LogP contribution in [-0.4, -0.2) is 50.3 Å². The molecule has 0 radical (unpaired) electrons. The van der Waals surface area contributed by atoms with Crippen molar-refractivity contribution < 1.29 is 14.3 Å². The van der Waals surface area contributed by atoms with Gasteiger partial charge in [-0.3, -0.25) is 4.79 Å². The van der Waals surface area contributed by atoms with E-state index in [1.165, 1.54) is 7.11 Å². The van der Waals surface area contributed by atoms with Crippen molar-refractivity contribution in [3.63, 3.8) is 0 Å². The predicted octanol–water partition coefficient (Wildman–Crippen LogP) is 1.69. The number of nitrogens with zero attached hydrogens (tertiary/aromatic N) is 1. The molecule has 4 nitrogen and oxygen atoms in total. The van der Waals surface area contributed by atoms with Gasteiger partial charge in [-0.1, -0.05) is 0 Å². The molecule has 4 heteroatoms. The van der Waals surface area contributed by atoms with Crippen LogP contribution in [0.25, 0.3) is 0 Å². The second-order valence-electron chi connectivity index (χ2n) is 4.94. The maximum Gasteiger partial charge on any atom is 0.305 e. The average molecular weight is 231 g/mol. The molecule has 0 unspecified atom stereocenters. The Bertz CT molecular complexity index is 199. The van der Waals surface area contributed by atoms with Crippen LogP contribution in [0.1, 0.15) is 33.6 Å². The first kappa shape index (κ1) is 15.4. The van der Waals surface area contributed by atoms with Gasteiger partial charge in [-0.15, -0.1) is 0 Å². The second kappa shape index (κ2) is 7.63. The summed E-state index contributed by atoms with van der Waals surface area (Å²) in [5, 5.41) is 0. The summed E-state index contributed by atoms with van der Waals surface area (Å²) in [5.74, 6) is -0.139. The number of carbonyl (C=O) groups is 1. The lowest BCUT2D eigenvalue weighted by Gasteiger charge is -2.22. The van der Waals surface area contributed by atoms with Crippen LogP contribution < -0.4 is 0 Å². The molecular weight excluding hydrogens is 206 g/mol. The molecule has 0 bridgehead atoms. The molecule has 0 rings (SSSR count). The quantitative estimate of drug-likeness (QED) is 0.625. The van der Waals surface area contributed by atoms with Gasteiger partial charge in [-0.05, 0) is 40.8 Å². The SMILES string of the molecule is COC(=O)CCCN(C)CCOC(C)(C)C. The molecule has 0 aliphatic carbocycles. The number of esters is 1. The summed E-state index contributed by atoms with van der Waals surface area (Å²) in [4.78, 5) is 13.0. The molecule has 0 heterocycles. The molecule has 0 fully saturated rings. The zero-order valence-corrected chi connectivity index (χ0v) is 11.2. The summed E-state index contributed by atoms with van der Waals surface area (Å²) in [6.45, 7) is 8.64. The Morgan fingerprint density at radius 1 is 1.25 bits per heavy atom. The Morgan fingerprint density at radius 2 is 1.88 bits per heavy atom. The lowest BCUT2D eigenvalue weighted by Crippen LogP contribution is -2.29. The number of likely N-dealkylation sites (N-methyl/N-ethyl adjacent to an activating group) is 1. The summed E-state index contributed by atoms with van der Waals surface area (Å²) >= 11 is 0. The van der Waals surface area contributed by atoms with Crippen molar-refractivity contribution in [1.29, 1.82) is 0 Å². The lowest BCUT2D eigenvalue weighted by atomic mass is 10.2. The van der Waals surface area contributed by atoms with E-state index < -0.39 is 0 Å². The molecule has 0 aliphatic heterocycles. The van der Waals surface area contributed by atoms with Crippen molar-refractivity contribution in [2.75, 3.05) is 33.9 Å². The zero-order chi connectivity index (χ0) is 12.6. The monoisotopic (exact) mass is 231 g/mol. The van der Waals surface area contributed by atoms with Crippen molar-refractivity contribution in [3.8, 4) is 0 Å². The van der Waals surface area contributed by atoms with Crippen LogP contribution >= 0.6 is 0 Å². The van der Waals surface area contributed by atoms with Gasteiger partial charge < -0.3 is 14.4 Å². The molecule has 0 aromatic carbocycles. The van der Waals surface area contributed by atoms with Gasteiger partial charge in [0.05, 0.1) is 19.3 Å². The molecule has 0 aromatic rings. The van der Waals surface area contributed by atoms with Crippen LogP contribution in [0.3, 0.4) is 0 Å². The van der Waals surface area contributed by atoms with E-state index >= 15 is 0 Å². The third-order valence-corrected chi connectivity index (χ3v) is 2.16. The maximum atomic E-state index is 10.9. The third kappa shape index (κ3) is 9.93. The zero-order valence-electron chi connectivity index (χ0n) is 11.2. The number of hydrogen-bond acceptors (Lipinski definition) is 4. The third-order valence-electron chi connectivity index (χ3n) is 2.16. The first-order valence-electron chi connectivity index (χ1n) is 5.74. The minimum absolute atomic E-state index is 0.0765. The fourth-order valence-electron chi connectivity index (χ4n) is 1.21. The Kier molecular flexibility index (Phi) is 7.34. The molecule has 0 aliphatic rings. The molecule has 0 N–H and O–H groups in total. The summed E-state index contributed by atoms with van der Waals surface area (Å²) < 4.78 is 10.2. The Morgan fingerprint density at radius 3 is 2.38 bits per heavy atom.